The third-order valence-electron chi connectivity index (χ3n) is 5.05. The first-order valence-corrected chi connectivity index (χ1v) is 9.69. The summed E-state index contributed by atoms with van der Waals surface area (Å²) < 4.78 is 4.82. The van der Waals surface area contributed by atoms with E-state index in [2.05, 4.69) is 66.9 Å². The maximum atomic E-state index is 11.6. The van der Waals surface area contributed by atoms with Crippen molar-refractivity contribution < 1.29 is 9.53 Å². The van der Waals surface area contributed by atoms with Crippen molar-refractivity contribution in [3.8, 4) is 0 Å². The van der Waals surface area contributed by atoms with Gasteiger partial charge in [0.2, 0.25) is 0 Å². The van der Waals surface area contributed by atoms with Crippen LogP contribution in [0.4, 0.5) is 0 Å². The van der Waals surface area contributed by atoms with E-state index in [-0.39, 0.29) is 11.9 Å². The van der Waals surface area contributed by atoms with Gasteiger partial charge in [0.05, 0.1) is 7.11 Å². The number of esters is 1. The number of carbonyl (C=O) groups is 1. The van der Waals surface area contributed by atoms with Crippen LogP contribution in [0.1, 0.15) is 37.3 Å². The van der Waals surface area contributed by atoms with Crippen LogP contribution >= 0.6 is 0 Å². The lowest BCUT2D eigenvalue weighted by Gasteiger charge is -2.36. The molecule has 27 heavy (non-hydrogen) atoms. The molecule has 3 nitrogen and oxygen atoms in total. The van der Waals surface area contributed by atoms with Crippen molar-refractivity contribution >= 4 is 5.97 Å². The predicted molar refractivity (Wildman–Crippen MR) is 111 cm³/mol. The highest BCUT2D eigenvalue weighted by atomic mass is 16.5. The highest BCUT2D eigenvalue weighted by molar-refractivity contribution is 5.69. The van der Waals surface area contributed by atoms with E-state index in [0.29, 0.717) is 12.5 Å². The average molecular weight is 366 g/mol. The molecule has 0 unspecified atom stereocenters. The van der Waals surface area contributed by atoms with E-state index >= 15 is 0 Å². The first-order valence-electron chi connectivity index (χ1n) is 9.69. The van der Waals surface area contributed by atoms with Crippen LogP contribution in [0.25, 0.3) is 0 Å². The van der Waals surface area contributed by atoms with E-state index in [9.17, 15) is 4.79 Å². The number of nitrogens with zero attached hydrogens (tertiary/aromatic N) is 1. The molecule has 0 fully saturated rings. The highest BCUT2D eigenvalue weighted by Gasteiger charge is 2.25. The molecule has 0 amide bonds. The van der Waals surface area contributed by atoms with E-state index in [4.69, 9.17) is 4.74 Å². The quantitative estimate of drug-likeness (QED) is 0.404. The fraction of sp³-hybridized carbons (Fsp3) is 0.375. The Kier molecular flexibility index (Phi) is 8.79. The molecule has 0 aliphatic rings. The Bertz CT molecular complexity index is 643. The van der Waals surface area contributed by atoms with Gasteiger partial charge in [-0.1, -0.05) is 73.7 Å². The van der Waals surface area contributed by atoms with Crippen LogP contribution in [-0.2, 0) is 22.6 Å². The minimum atomic E-state index is -0.158. The van der Waals surface area contributed by atoms with Crippen molar-refractivity contribution in [1.29, 1.82) is 0 Å². The van der Waals surface area contributed by atoms with Gasteiger partial charge in [-0.2, -0.15) is 0 Å². The number of carbonyl (C=O) groups excluding carboxylic acids is 1. The van der Waals surface area contributed by atoms with Crippen molar-refractivity contribution in [3.63, 3.8) is 0 Å². The number of benzene rings is 2. The zero-order valence-electron chi connectivity index (χ0n) is 16.5. The summed E-state index contributed by atoms with van der Waals surface area (Å²) in [5.41, 5.74) is 2.59. The molecule has 0 aromatic heterocycles. The van der Waals surface area contributed by atoms with Crippen LogP contribution in [0.15, 0.2) is 73.3 Å². The van der Waals surface area contributed by atoms with Crippen molar-refractivity contribution in [1.82, 2.24) is 4.90 Å². The molecule has 0 radical (unpaired) electrons. The van der Waals surface area contributed by atoms with E-state index in [1.807, 2.05) is 18.2 Å². The minimum absolute atomic E-state index is 0.158. The normalized spacial score (nSPS) is 13.1. The molecule has 0 spiro atoms. The van der Waals surface area contributed by atoms with Crippen LogP contribution in [-0.4, -0.2) is 24.0 Å². The third-order valence-corrected chi connectivity index (χ3v) is 5.05. The second-order valence-corrected chi connectivity index (χ2v) is 6.87. The Hall–Kier alpha value is -2.39. The van der Waals surface area contributed by atoms with Gasteiger partial charge in [0.15, 0.2) is 0 Å². The summed E-state index contributed by atoms with van der Waals surface area (Å²) in [5, 5.41) is 0. The molecule has 2 aromatic carbocycles. The number of hydrogen-bond acceptors (Lipinski definition) is 3. The maximum absolute atomic E-state index is 11.6. The van der Waals surface area contributed by atoms with Gasteiger partial charge in [-0.3, -0.25) is 9.69 Å². The summed E-state index contributed by atoms with van der Waals surface area (Å²) in [6.07, 6.45) is 4.18. The summed E-state index contributed by atoms with van der Waals surface area (Å²) in [6.45, 7) is 8.01. The fourth-order valence-corrected chi connectivity index (χ4v) is 3.61. The first-order chi connectivity index (χ1) is 13.2. The molecule has 0 N–H and O–H groups in total. The number of hydrogen-bond donors (Lipinski definition) is 0. The molecule has 0 heterocycles. The molecular formula is C24H31NO2. The molecule has 0 saturated carbocycles. The Morgan fingerprint density at radius 1 is 1.04 bits per heavy atom. The van der Waals surface area contributed by atoms with Crippen LogP contribution in [0.2, 0.25) is 0 Å². The molecule has 144 valence electrons. The monoisotopic (exact) mass is 365 g/mol. The van der Waals surface area contributed by atoms with Crippen molar-refractivity contribution in [2.24, 2.45) is 5.92 Å². The van der Waals surface area contributed by atoms with Crippen molar-refractivity contribution in [2.45, 2.75) is 45.3 Å². The molecule has 0 aliphatic carbocycles. The highest BCUT2D eigenvalue weighted by Crippen LogP contribution is 2.25. The summed E-state index contributed by atoms with van der Waals surface area (Å²) in [6, 6.07) is 21.4. The average Bonchev–Trinajstić information content (AvgIpc) is 2.72. The lowest BCUT2D eigenvalue weighted by molar-refractivity contribution is -0.141. The minimum Gasteiger partial charge on any atom is -0.469 e. The topological polar surface area (TPSA) is 29.5 Å². The molecule has 0 bridgehead atoms. The largest absolute Gasteiger partial charge is 0.469 e. The van der Waals surface area contributed by atoms with Gasteiger partial charge in [-0.05, 0) is 29.9 Å². The van der Waals surface area contributed by atoms with Crippen LogP contribution in [0.5, 0.6) is 0 Å². The second kappa shape index (κ2) is 11.3. The molecule has 2 aromatic rings. The SMILES string of the molecule is C=C[C@@H](CCC(=O)OC)[C@H](CC)N(Cc1ccccc1)Cc1ccccc1. The molecule has 2 atom stereocenters. The summed E-state index contributed by atoms with van der Waals surface area (Å²) in [5.74, 6) is 0.0795. The summed E-state index contributed by atoms with van der Waals surface area (Å²) in [4.78, 5) is 14.1. The summed E-state index contributed by atoms with van der Waals surface area (Å²) in [7, 11) is 1.44. The van der Waals surface area contributed by atoms with Crippen LogP contribution < -0.4 is 0 Å². The van der Waals surface area contributed by atoms with Crippen LogP contribution in [0.3, 0.4) is 0 Å². The Labute approximate surface area is 163 Å². The van der Waals surface area contributed by atoms with E-state index in [1.54, 1.807) is 0 Å². The van der Waals surface area contributed by atoms with Gasteiger partial charge in [-0.15, -0.1) is 6.58 Å². The van der Waals surface area contributed by atoms with Gasteiger partial charge in [0, 0.05) is 25.6 Å². The molecule has 3 heteroatoms. The van der Waals surface area contributed by atoms with Gasteiger partial charge in [0.1, 0.15) is 0 Å². The molecule has 2 rings (SSSR count). The Morgan fingerprint density at radius 2 is 1.56 bits per heavy atom. The maximum Gasteiger partial charge on any atom is 0.305 e. The lowest BCUT2D eigenvalue weighted by atomic mass is 9.90. The lowest BCUT2D eigenvalue weighted by Crippen LogP contribution is -2.39. The van der Waals surface area contributed by atoms with Gasteiger partial charge in [0.25, 0.3) is 0 Å². The summed E-state index contributed by atoms with van der Waals surface area (Å²) >= 11 is 0. The molecule has 0 saturated heterocycles. The van der Waals surface area contributed by atoms with Crippen LogP contribution in [0, 0.1) is 5.92 Å². The number of ether oxygens (including phenoxy) is 1. The zero-order valence-corrected chi connectivity index (χ0v) is 16.5. The Morgan fingerprint density at radius 3 is 1.96 bits per heavy atom. The Balaban J connectivity index is 2.21. The zero-order chi connectivity index (χ0) is 19.5. The number of methoxy groups -OCH3 is 1. The predicted octanol–water partition coefficient (Wildman–Crippen LogP) is 5.22. The van der Waals surface area contributed by atoms with Crippen molar-refractivity contribution in [3.05, 3.63) is 84.4 Å². The molecular weight excluding hydrogens is 334 g/mol. The fourth-order valence-electron chi connectivity index (χ4n) is 3.61. The standard InChI is InChI=1S/C24H31NO2/c1-4-22(16-17-24(26)27-3)23(5-2)25(18-20-12-8-6-9-13-20)19-21-14-10-7-11-15-21/h4,6-15,22-23H,1,5,16-19H2,2-3H3/t22-,23-/m0/s1. The van der Waals surface area contributed by atoms with Gasteiger partial charge >= 0.3 is 5.97 Å². The van der Waals surface area contributed by atoms with E-state index < -0.39 is 0 Å². The number of rotatable bonds is 11. The van der Waals surface area contributed by atoms with E-state index in [0.717, 1.165) is 25.9 Å². The smallest absolute Gasteiger partial charge is 0.305 e. The first kappa shape index (κ1) is 20.9. The molecule has 0 aliphatic heterocycles. The van der Waals surface area contributed by atoms with Gasteiger partial charge < -0.3 is 4.74 Å². The van der Waals surface area contributed by atoms with Gasteiger partial charge in [-0.25, -0.2) is 0 Å². The second-order valence-electron chi connectivity index (χ2n) is 6.87. The van der Waals surface area contributed by atoms with E-state index in [1.165, 1.54) is 18.2 Å². The van der Waals surface area contributed by atoms with Crippen molar-refractivity contribution in [2.75, 3.05) is 7.11 Å². The third kappa shape index (κ3) is 6.69.